The Kier molecular flexibility index (Phi) is 9.18. The minimum Gasteiger partial charge on any atom is -0.408 e. The van der Waals surface area contributed by atoms with E-state index in [-0.39, 0.29) is 36.2 Å². The molecule has 6 rings (SSSR count). The van der Waals surface area contributed by atoms with Crippen molar-refractivity contribution in [3.05, 3.63) is 76.8 Å². The van der Waals surface area contributed by atoms with Gasteiger partial charge >= 0.3 is 5.76 Å². The zero-order valence-corrected chi connectivity index (χ0v) is 25.6. The monoisotopic (exact) mass is 615 g/mol. The van der Waals surface area contributed by atoms with E-state index in [9.17, 15) is 19.2 Å². The van der Waals surface area contributed by atoms with Crippen molar-refractivity contribution in [3.8, 4) is 0 Å². The van der Waals surface area contributed by atoms with Crippen LogP contribution >= 0.6 is 0 Å². The molecule has 4 heterocycles. The summed E-state index contributed by atoms with van der Waals surface area (Å²) in [7, 11) is 1.64. The van der Waals surface area contributed by atoms with Gasteiger partial charge < -0.3 is 25.1 Å². The van der Waals surface area contributed by atoms with E-state index in [1.807, 2.05) is 30.3 Å². The number of piperidine rings is 1. The standard InChI is InChI=1S/C34H41N5O6/c1-38-28-11-10-25(20-29(28)45-33(38)43)35-30(40)22-39-16-12-26-24(21-39)9-5-6-13-34(14-17-44-18-15-34)32(42)37-27(31(41)36-26)19-23-7-3-2-4-8-23/h2-8,10-11,20,24,26-27H,9,12-19,21-22H2,1H3,(H,35,40)(H,36,41)(H,37,42)/b6-5+/t24-,26-,27-/m0/s1. The molecule has 3 aromatic rings. The first-order valence-electron chi connectivity index (χ1n) is 15.8. The lowest BCUT2D eigenvalue weighted by Crippen LogP contribution is -2.58. The number of carbonyl (C=O) groups excluding carboxylic acids is 3. The van der Waals surface area contributed by atoms with Crippen LogP contribution in [0.5, 0.6) is 0 Å². The first kappa shape index (κ1) is 30.8. The minimum atomic E-state index is -0.695. The molecule has 2 saturated heterocycles. The summed E-state index contributed by atoms with van der Waals surface area (Å²) in [5, 5.41) is 9.34. The van der Waals surface area contributed by atoms with Gasteiger partial charge in [0.1, 0.15) is 6.04 Å². The molecule has 11 heteroatoms. The van der Waals surface area contributed by atoms with Gasteiger partial charge in [-0.2, -0.15) is 0 Å². The van der Waals surface area contributed by atoms with E-state index in [1.165, 1.54) is 4.57 Å². The van der Waals surface area contributed by atoms with E-state index in [4.69, 9.17) is 9.15 Å². The van der Waals surface area contributed by atoms with E-state index in [0.29, 0.717) is 75.2 Å². The highest BCUT2D eigenvalue weighted by Crippen LogP contribution is 2.36. The third kappa shape index (κ3) is 7.04. The quantitative estimate of drug-likeness (QED) is 0.376. The summed E-state index contributed by atoms with van der Waals surface area (Å²) in [4.78, 5) is 54.6. The molecule has 3 N–H and O–H groups in total. The van der Waals surface area contributed by atoms with E-state index >= 15 is 0 Å². The molecule has 1 aromatic heterocycles. The molecule has 0 bridgehead atoms. The zero-order chi connectivity index (χ0) is 31.4. The number of oxazole rings is 1. The number of nitrogens with one attached hydrogen (secondary N) is 3. The minimum absolute atomic E-state index is 0.0851. The lowest BCUT2D eigenvalue weighted by molar-refractivity contribution is -0.140. The van der Waals surface area contributed by atoms with Crippen LogP contribution in [0.1, 0.15) is 37.7 Å². The highest BCUT2D eigenvalue weighted by molar-refractivity contribution is 5.94. The van der Waals surface area contributed by atoms with Crippen LogP contribution in [-0.4, -0.2) is 72.1 Å². The van der Waals surface area contributed by atoms with Crippen molar-refractivity contribution in [1.82, 2.24) is 20.1 Å². The number of likely N-dealkylation sites (tertiary alicyclic amines) is 1. The number of ether oxygens (including phenoxy) is 1. The Balaban J connectivity index is 1.16. The lowest BCUT2D eigenvalue weighted by Gasteiger charge is -2.40. The van der Waals surface area contributed by atoms with Crippen LogP contribution in [0.4, 0.5) is 5.69 Å². The van der Waals surface area contributed by atoms with Crippen molar-refractivity contribution >= 4 is 34.5 Å². The number of aryl methyl sites for hydroxylation is 1. The Morgan fingerprint density at radius 3 is 2.64 bits per heavy atom. The predicted molar refractivity (Wildman–Crippen MR) is 169 cm³/mol. The molecule has 3 atom stereocenters. The Hall–Kier alpha value is -4.22. The molecular formula is C34H41N5O6. The zero-order valence-electron chi connectivity index (χ0n) is 25.6. The molecule has 1 spiro atoms. The van der Waals surface area contributed by atoms with E-state index in [1.54, 1.807) is 25.2 Å². The number of hydrogen-bond donors (Lipinski definition) is 3. The first-order valence-corrected chi connectivity index (χ1v) is 15.8. The first-order chi connectivity index (χ1) is 21.8. The van der Waals surface area contributed by atoms with Gasteiger partial charge in [-0.25, -0.2) is 4.79 Å². The average Bonchev–Trinajstić information content (AvgIpc) is 3.32. The molecule has 3 aliphatic rings. The highest BCUT2D eigenvalue weighted by atomic mass is 16.5. The smallest absolute Gasteiger partial charge is 0.408 e. The van der Waals surface area contributed by atoms with Crippen LogP contribution in [-0.2, 0) is 32.6 Å². The summed E-state index contributed by atoms with van der Waals surface area (Å²) in [5.74, 6) is -0.780. The van der Waals surface area contributed by atoms with Crippen molar-refractivity contribution in [2.75, 3.05) is 38.2 Å². The summed E-state index contributed by atoms with van der Waals surface area (Å²) >= 11 is 0. The van der Waals surface area contributed by atoms with Crippen molar-refractivity contribution < 1.29 is 23.5 Å². The fraction of sp³-hybridized carbons (Fsp3) is 0.471. The van der Waals surface area contributed by atoms with Gasteiger partial charge in [-0.15, -0.1) is 0 Å². The Morgan fingerprint density at radius 2 is 1.84 bits per heavy atom. The molecule has 0 unspecified atom stereocenters. The number of rotatable bonds is 5. The fourth-order valence-corrected chi connectivity index (χ4v) is 6.81. The molecule has 3 aliphatic heterocycles. The molecule has 0 aliphatic carbocycles. The van der Waals surface area contributed by atoms with Gasteiger partial charge in [0, 0.05) is 57.6 Å². The Morgan fingerprint density at radius 1 is 1.04 bits per heavy atom. The molecule has 11 nitrogen and oxygen atoms in total. The maximum absolute atomic E-state index is 13.8. The maximum atomic E-state index is 13.8. The van der Waals surface area contributed by atoms with E-state index < -0.39 is 17.2 Å². The Bertz CT molecular complexity index is 1620. The van der Waals surface area contributed by atoms with Gasteiger partial charge in [0.25, 0.3) is 0 Å². The Labute approximate surface area is 262 Å². The van der Waals surface area contributed by atoms with Crippen molar-refractivity contribution in [1.29, 1.82) is 0 Å². The van der Waals surface area contributed by atoms with Crippen LogP contribution in [0.2, 0.25) is 0 Å². The van der Waals surface area contributed by atoms with E-state index in [0.717, 1.165) is 12.0 Å². The number of amides is 3. The summed E-state index contributed by atoms with van der Waals surface area (Å²) in [5.41, 5.74) is 2.01. The maximum Gasteiger partial charge on any atom is 0.419 e. The van der Waals surface area contributed by atoms with Gasteiger partial charge in [0.15, 0.2) is 5.58 Å². The molecule has 2 aromatic carbocycles. The molecule has 2 fully saturated rings. The van der Waals surface area contributed by atoms with Crippen LogP contribution in [0.15, 0.2) is 69.9 Å². The second-order valence-electron chi connectivity index (χ2n) is 12.6. The molecule has 238 valence electrons. The van der Waals surface area contributed by atoms with Gasteiger partial charge in [-0.05, 0) is 55.7 Å². The second-order valence-corrected chi connectivity index (χ2v) is 12.6. The van der Waals surface area contributed by atoms with E-state index in [2.05, 4.69) is 33.0 Å². The molecule has 45 heavy (non-hydrogen) atoms. The number of anilines is 1. The lowest BCUT2D eigenvalue weighted by atomic mass is 9.75. The number of carbonyl (C=O) groups is 3. The van der Waals surface area contributed by atoms with Crippen molar-refractivity contribution in [2.24, 2.45) is 18.4 Å². The van der Waals surface area contributed by atoms with Crippen LogP contribution in [0.3, 0.4) is 0 Å². The predicted octanol–water partition coefficient (Wildman–Crippen LogP) is 2.75. The number of benzene rings is 2. The molecular weight excluding hydrogens is 574 g/mol. The fourth-order valence-electron chi connectivity index (χ4n) is 6.81. The second kappa shape index (κ2) is 13.4. The van der Waals surface area contributed by atoms with Gasteiger partial charge in [-0.3, -0.25) is 23.9 Å². The number of aromatic nitrogens is 1. The van der Waals surface area contributed by atoms with Gasteiger partial charge in [0.05, 0.1) is 17.5 Å². The average molecular weight is 616 g/mol. The van der Waals surface area contributed by atoms with Gasteiger partial charge in [0.2, 0.25) is 17.7 Å². The topological polar surface area (TPSA) is 135 Å². The van der Waals surface area contributed by atoms with Crippen LogP contribution in [0.25, 0.3) is 11.1 Å². The number of fused-ring (bicyclic) bond motifs is 2. The molecule has 0 radical (unpaired) electrons. The summed E-state index contributed by atoms with van der Waals surface area (Å²) in [6, 6.07) is 14.1. The van der Waals surface area contributed by atoms with Crippen LogP contribution in [0, 0.1) is 11.3 Å². The third-order valence-electron chi connectivity index (χ3n) is 9.54. The SMILES string of the molecule is Cn1c(=O)oc2cc(NC(=O)CN3CC[C@@H]4NC(=O)[C@H](Cc5ccccc5)NC(=O)C5(C/C=C/C[C@H]4C3)CCOCC5)ccc21. The van der Waals surface area contributed by atoms with Crippen molar-refractivity contribution in [3.63, 3.8) is 0 Å². The highest BCUT2D eigenvalue weighted by Gasteiger charge is 2.41. The van der Waals surface area contributed by atoms with Crippen molar-refractivity contribution in [2.45, 2.75) is 50.6 Å². The third-order valence-corrected chi connectivity index (χ3v) is 9.54. The summed E-state index contributed by atoms with van der Waals surface area (Å²) in [6.45, 7) is 2.53. The summed E-state index contributed by atoms with van der Waals surface area (Å²) < 4.78 is 12.3. The summed E-state index contributed by atoms with van der Waals surface area (Å²) in [6.07, 6.45) is 7.88. The largest absolute Gasteiger partial charge is 0.419 e. The van der Waals surface area contributed by atoms with Crippen LogP contribution < -0.4 is 21.7 Å². The molecule has 3 amide bonds. The van der Waals surface area contributed by atoms with Gasteiger partial charge in [-0.1, -0.05) is 42.5 Å². The molecule has 0 saturated carbocycles. The normalized spacial score (nSPS) is 25.0. The number of allylic oxidation sites excluding steroid dienone is 2. The number of nitrogens with zero attached hydrogens (tertiary/aromatic N) is 2. The number of hydrogen-bond acceptors (Lipinski definition) is 7.